The summed E-state index contributed by atoms with van der Waals surface area (Å²) in [6.45, 7) is 3.69. The Morgan fingerprint density at radius 1 is 0.612 bits per heavy atom. The van der Waals surface area contributed by atoms with E-state index in [1.807, 2.05) is 0 Å². The molecule has 0 saturated heterocycles. The van der Waals surface area contributed by atoms with Crippen molar-refractivity contribution in [3.63, 3.8) is 0 Å². The molecule has 288 valence electrons. The van der Waals surface area contributed by atoms with Gasteiger partial charge < -0.3 is 20.1 Å². The Bertz CT molecular complexity index is 866. The fraction of sp³-hybridized carbons (Fsp3) is 0.846. The van der Waals surface area contributed by atoms with E-state index in [-0.39, 0.29) is 38.6 Å². The maximum Gasteiger partial charge on any atom is 0.472 e. The first-order chi connectivity index (χ1) is 23.8. The number of nitrogens with two attached hydrogens (primary N) is 1. The van der Waals surface area contributed by atoms with Crippen molar-refractivity contribution in [1.29, 1.82) is 0 Å². The van der Waals surface area contributed by atoms with Crippen LogP contribution in [0.25, 0.3) is 0 Å². The molecule has 3 N–H and O–H groups in total. The van der Waals surface area contributed by atoms with Gasteiger partial charge in [0.1, 0.15) is 6.61 Å². The van der Waals surface area contributed by atoms with Crippen LogP contribution in [-0.4, -0.2) is 49.3 Å². The minimum Gasteiger partial charge on any atom is -0.462 e. The van der Waals surface area contributed by atoms with Crippen molar-refractivity contribution in [2.24, 2.45) is 5.73 Å². The van der Waals surface area contributed by atoms with Gasteiger partial charge >= 0.3 is 19.8 Å². The molecule has 0 fully saturated rings. The smallest absolute Gasteiger partial charge is 0.462 e. The second kappa shape index (κ2) is 36.3. The van der Waals surface area contributed by atoms with Crippen LogP contribution in [0.2, 0.25) is 0 Å². The van der Waals surface area contributed by atoms with Gasteiger partial charge in [0.15, 0.2) is 6.10 Å². The van der Waals surface area contributed by atoms with Crippen molar-refractivity contribution in [1.82, 2.24) is 0 Å². The van der Waals surface area contributed by atoms with Crippen LogP contribution in [-0.2, 0) is 32.7 Å². The first kappa shape index (κ1) is 47.5. The highest BCUT2D eigenvalue weighted by Gasteiger charge is 2.25. The molecule has 9 nitrogen and oxygen atoms in total. The lowest BCUT2D eigenvalue weighted by atomic mass is 10.0. The highest BCUT2D eigenvalue weighted by Crippen LogP contribution is 2.43. The van der Waals surface area contributed by atoms with Crippen molar-refractivity contribution in [2.45, 2.75) is 187 Å². The third kappa shape index (κ3) is 36.1. The molecule has 0 aromatic rings. The zero-order valence-corrected chi connectivity index (χ0v) is 32.3. The first-order valence-electron chi connectivity index (χ1n) is 19.8. The SMILES string of the molecule is CCCCCC/C=C\C/C=C\CCCCCCC(=O)O[C@H](COC(=O)CCCCCCCCCCCCCCC)COP(=O)(O)OCCN. The zero-order valence-electron chi connectivity index (χ0n) is 31.4. The molecule has 0 spiro atoms. The second-order valence-electron chi connectivity index (χ2n) is 13.2. The van der Waals surface area contributed by atoms with E-state index in [1.54, 1.807) is 0 Å². The van der Waals surface area contributed by atoms with Gasteiger partial charge in [0.25, 0.3) is 0 Å². The van der Waals surface area contributed by atoms with Crippen molar-refractivity contribution in [3.8, 4) is 0 Å². The molecular weight excluding hydrogens is 641 g/mol. The Morgan fingerprint density at radius 2 is 1.06 bits per heavy atom. The molecule has 0 aliphatic heterocycles. The lowest BCUT2D eigenvalue weighted by Crippen LogP contribution is -2.29. The van der Waals surface area contributed by atoms with Crippen LogP contribution in [0.5, 0.6) is 0 Å². The molecule has 49 heavy (non-hydrogen) atoms. The summed E-state index contributed by atoms with van der Waals surface area (Å²) in [5, 5.41) is 0. The number of carbonyl (C=O) groups excluding carboxylic acids is 2. The Kier molecular flexibility index (Phi) is 35.2. The van der Waals surface area contributed by atoms with E-state index in [4.69, 9.17) is 24.3 Å². The van der Waals surface area contributed by atoms with Crippen LogP contribution >= 0.6 is 7.82 Å². The summed E-state index contributed by atoms with van der Waals surface area (Å²) >= 11 is 0. The molecule has 0 heterocycles. The van der Waals surface area contributed by atoms with Crippen molar-refractivity contribution in [3.05, 3.63) is 24.3 Å². The van der Waals surface area contributed by atoms with Gasteiger partial charge in [-0.05, 0) is 44.9 Å². The molecule has 0 aliphatic carbocycles. The number of hydrogen-bond acceptors (Lipinski definition) is 8. The monoisotopic (exact) mass is 716 g/mol. The topological polar surface area (TPSA) is 134 Å². The molecule has 0 radical (unpaired) electrons. The van der Waals surface area contributed by atoms with Crippen molar-refractivity contribution in [2.75, 3.05) is 26.4 Å². The van der Waals surface area contributed by atoms with Gasteiger partial charge in [-0.3, -0.25) is 18.6 Å². The predicted octanol–water partition coefficient (Wildman–Crippen LogP) is 10.8. The van der Waals surface area contributed by atoms with Gasteiger partial charge in [-0.15, -0.1) is 0 Å². The van der Waals surface area contributed by atoms with E-state index >= 15 is 0 Å². The average molecular weight is 716 g/mol. The quantitative estimate of drug-likeness (QED) is 0.0279. The van der Waals surface area contributed by atoms with Crippen LogP contribution in [0.4, 0.5) is 0 Å². The number of phosphoric ester groups is 1. The number of esters is 2. The highest BCUT2D eigenvalue weighted by atomic mass is 31.2. The molecule has 0 aromatic carbocycles. The van der Waals surface area contributed by atoms with Gasteiger partial charge in [0, 0.05) is 19.4 Å². The van der Waals surface area contributed by atoms with E-state index in [1.165, 1.54) is 96.3 Å². The second-order valence-corrected chi connectivity index (χ2v) is 14.6. The lowest BCUT2D eigenvalue weighted by Gasteiger charge is -2.19. The maximum atomic E-state index is 12.5. The normalized spacial score (nSPS) is 13.6. The van der Waals surface area contributed by atoms with Crippen LogP contribution in [0, 0.1) is 0 Å². The van der Waals surface area contributed by atoms with Gasteiger partial charge in [0.2, 0.25) is 0 Å². The Labute approximate surface area is 300 Å². The first-order valence-corrected chi connectivity index (χ1v) is 21.3. The Balaban J connectivity index is 4.23. The van der Waals surface area contributed by atoms with E-state index < -0.39 is 26.5 Å². The third-order valence-electron chi connectivity index (χ3n) is 8.34. The fourth-order valence-corrected chi connectivity index (χ4v) is 6.13. The number of ether oxygens (including phenoxy) is 2. The van der Waals surface area contributed by atoms with Crippen LogP contribution in [0.15, 0.2) is 24.3 Å². The molecule has 10 heteroatoms. The molecule has 0 saturated carbocycles. The number of phosphoric acid groups is 1. The molecule has 2 atom stereocenters. The van der Waals surface area contributed by atoms with Gasteiger partial charge in [-0.2, -0.15) is 0 Å². The standard InChI is InChI=1S/C39H74NO8P/c1-3-5-7-9-11-13-15-17-18-20-22-24-26-28-30-32-39(42)48-37(36-47-49(43,44)46-34-33-40)35-45-38(41)31-29-27-25-23-21-19-16-14-12-10-8-6-4-2/h13,15,18,20,37H,3-12,14,16-17,19,21-36,40H2,1-2H3,(H,43,44)/b15-13-,20-18-/t37-/m1/s1. The van der Waals surface area contributed by atoms with E-state index in [0.717, 1.165) is 51.4 Å². The Hall–Kier alpha value is -1.51. The fourth-order valence-electron chi connectivity index (χ4n) is 5.37. The molecule has 0 amide bonds. The zero-order chi connectivity index (χ0) is 36.1. The molecule has 1 unspecified atom stereocenters. The number of carbonyl (C=O) groups is 2. The van der Waals surface area contributed by atoms with E-state index in [9.17, 15) is 19.0 Å². The summed E-state index contributed by atoms with van der Waals surface area (Å²) in [5.41, 5.74) is 5.33. The summed E-state index contributed by atoms with van der Waals surface area (Å²) in [7, 11) is -4.37. The molecule has 0 aromatic heterocycles. The number of unbranched alkanes of at least 4 members (excludes halogenated alkanes) is 20. The molecule has 0 bridgehead atoms. The summed E-state index contributed by atoms with van der Waals surface area (Å²) < 4.78 is 32.7. The minimum absolute atomic E-state index is 0.0516. The highest BCUT2D eigenvalue weighted by molar-refractivity contribution is 7.47. The van der Waals surface area contributed by atoms with Gasteiger partial charge in [-0.25, -0.2) is 4.57 Å². The van der Waals surface area contributed by atoms with Crippen LogP contribution < -0.4 is 5.73 Å². The van der Waals surface area contributed by atoms with Gasteiger partial charge in [-0.1, -0.05) is 147 Å². The average Bonchev–Trinajstić information content (AvgIpc) is 3.08. The maximum absolute atomic E-state index is 12.5. The molecular formula is C39H74NO8P. The predicted molar refractivity (Wildman–Crippen MR) is 201 cm³/mol. The van der Waals surface area contributed by atoms with Crippen molar-refractivity contribution >= 4 is 19.8 Å². The molecule has 0 aliphatic rings. The number of allylic oxidation sites excluding steroid dienone is 4. The summed E-state index contributed by atoms with van der Waals surface area (Å²) in [5.74, 6) is -0.846. The summed E-state index contributed by atoms with van der Waals surface area (Å²) in [6.07, 6.45) is 36.3. The largest absolute Gasteiger partial charge is 0.472 e. The van der Waals surface area contributed by atoms with Crippen molar-refractivity contribution < 1.29 is 37.6 Å². The van der Waals surface area contributed by atoms with E-state index in [2.05, 4.69) is 38.2 Å². The van der Waals surface area contributed by atoms with Crippen LogP contribution in [0.3, 0.4) is 0 Å². The summed E-state index contributed by atoms with van der Waals surface area (Å²) in [4.78, 5) is 34.7. The third-order valence-corrected chi connectivity index (χ3v) is 9.32. The molecule has 0 rings (SSSR count). The minimum atomic E-state index is -4.37. The summed E-state index contributed by atoms with van der Waals surface area (Å²) in [6, 6.07) is 0. The van der Waals surface area contributed by atoms with E-state index in [0.29, 0.717) is 6.42 Å². The van der Waals surface area contributed by atoms with Crippen LogP contribution in [0.1, 0.15) is 181 Å². The number of hydrogen-bond donors (Lipinski definition) is 2. The number of rotatable bonds is 37. The van der Waals surface area contributed by atoms with Gasteiger partial charge in [0.05, 0.1) is 13.2 Å². The Morgan fingerprint density at radius 3 is 1.57 bits per heavy atom. The lowest BCUT2D eigenvalue weighted by molar-refractivity contribution is -0.161.